The molecule has 1 amide bonds. The summed E-state index contributed by atoms with van der Waals surface area (Å²) in [6.45, 7) is 3.73. The van der Waals surface area contributed by atoms with E-state index in [0.29, 0.717) is 25.5 Å². The fourth-order valence-electron chi connectivity index (χ4n) is 3.30. The van der Waals surface area contributed by atoms with E-state index in [4.69, 9.17) is 4.74 Å². The van der Waals surface area contributed by atoms with Gasteiger partial charge in [0.25, 0.3) is 0 Å². The Kier molecular flexibility index (Phi) is 4.78. The van der Waals surface area contributed by atoms with Crippen LogP contribution in [0.1, 0.15) is 24.2 Å². The largest absolute Gasteiger partial charge is 0.381 e. The maximum atomic E-state index is 12.8. The van der Waals surface area contributed by atoms with Gasteiger partial charge in [-0.2, -0.15) is 0 Å². The lowest BCUT2D eigenvalue weighted by Crippen LogP contribution is -2.36. The summed E-state index contributed by atoms with van der Waals surface area (Å²) in [4.78, 5) is 23.3. The van der Waals surface area contributed by atoms with Crippen molar-refractivity contribution < 1.29 is 9.53 Å². The number of pyridine rings is 1. The summed E-state index contributed by atoms with van der Waals surface area (Å²) in [5.74, 6) is 1.17. The van der Waals surface area contributed by atoms with Crippen LogP contribution in [0.3, 0.4) is 0 Å². The summed E-state index contributed by atoms with van der Waals surface area (Å²) in [6.07, 6.45) is 8.37. The molecule has 1 atom stereocenters. The first kappa shape index (κ1) is 16.3. The van der Waals surface area contributed by atoms with Crippen LogP contribution in [0.5, 0.6) is 0 Å². The first-order chi connectivity index (χ1) is 12.3. The van der Waals surface area contributed by atoms with Crippen molar-refractivity contribution >= 4 is 5.91 Å². The molecule has 6 nitrogen and oxygen atoms in total. The third-order valence-electron chi connectivity index (χ3n) is 4.90. The second-order valence-electron chi connectivity index (χ2n) is 7.16. The van der Waals surface area contributed by atoms with Gasteiger partial charge in [0, 0.05) is 43.7 Å². The van der Waals surface area contributed by atoms with Gasteiger partial charge in [-0.3, -0.25) is 9.78 Å². The molecule has 0 unspecified atom stereocenters. The van der Waals surface area contributed by atoms with Crippen LogP contribution in [0.2, 0.25) is 0 Å². The Labute approximate surface area is 147 Å². The molecule has 0 aromatic carbocycles. The maximum absolute atomic E-state index is 12.8. The van der Waals surface area contributed by atoms with Crippen molar-refractivity contribution in [1.29, 1.82) is 0 Å². The molecule has 25 heavy (non-hydrogen) atoms. The Morgan fingerprint density at radius 3 is 2.88 bits per heavy atom. The summed E-state index contributed by atoms with van der Waals surface area (Å²) in [5.41, 5.74) is 1.89. The molecule has 132 valence electrons. The van der Waals surface area contributed by atoms with Crippen LogP contribution in [0.4, 0.5) is 0 Å². The summed E-state index contributed by atoms with van der Waals surface area (Å²) >= 11 is 0. The van der Waals surface area contributed by atoms with E-state index in [1.807, 2.05) is 35.6 Å². The first-order valence-electron chi connectivity index (χ1n) is 9.02. The number of hydrogen-bond acceptors (Lipinski definition) is 4. The summed E-state index contributed by atoms with van der Waals surface area (Å²) in [5, 5.41) is 0. The molecule has 3 heterocycles. The number of ether oxygens (including phenoxy) is 1. The molecular weight excluding hydrogens is 316 g/mol. The minimum Gasteiger partial charge on any atom is -0.381 e. The fourth-order valence-corrected chi connectivity index (χ4v) is 3.30. The molecule has 1 saturated carbocycles. The van der Waals surface area contributed by atoms with Crippen molar-refractivity contribution in [2.75, 3.05) is 19.8 Å². The minimum atomic E-state index is 0.112. The van der Waals surface area contributed by atoms with Crippen molar-refractivity contribution in [2.45, 2.75) is 32.4 Å². The minimum absolute atomic E-state index is 0.112. The number of aromatic nitrogens is 3. The zero-order valence-corrected chi connectivity index (χ0v) is 14.4. The second-order valence-corrected chi connectivity index (χ2v) is 7.16. The fraction of sp³-hybridized carbons (Fsp3) is 0.526. The molecule has 1 fully saturated rings. The molecule has 1 aliphatic carbocycles. The highest BCUT2D eigenvalue weighted by Gasteiger charge is 2.27. The van der Waals surface area contributed by atoms with E-state index in [9.17, 15) is 4.79 Å². The van der Waals surface area contributed by atoms with Crippen LogP contribution in [-0.2, 0) is 29.0 Å². The number of imidazole rings is 1. The molecule has 1 aliphatic heterocycles. The average molecular weight is 340 g/mol. The lowest BCUT2D eigenvalue weighted by Gasteiger charge is -2.24. The zero-order valence-electron chi connectivity index (χ0n) is 14.4. The predicted octanol–water partition coefficient (Wildman–Crippen LogP) is 1.91. The SMILES string of the molecule is O=C(Cc1ccccn1)N1Cc2cncn2C[C@@H](COCC2CC2)C1. The maximum Gasteiger partial charge on any atom is 0.228 e. The number of rotatable bonds is 6. The summed E-state index contributed by atoms with van der Waals surface area (Å²) in [6, 6.07) is 5.68. The van der Waals surface area contributed by atoms with Crippen LogP contribution in [-0.4, -0.2) is 45.1 Å². The number of amides is 1. The average Bonchev–Trinajstić information content (AvgIpc) is 3.38. The molecule has 2 aliphatic rings. The molecule has 6 heteroatoms. The first-order valence-corrected chi connectivity index (χ1v) is 9.02. The van der Waals surface area contributed by atoms with Gasteiger partial charge in [-0.15, -0.1) is 0 Å². The van der Waals surface area contributed by atoms with E-state index in [1.165, 1.54) is 12.8 Å². The molecule has 0 radical (unpaired) electrons. The number of nitrogens with zero attached hydrogens (tertiary/aromatic N) is 4. The molecule has 0 spiro atoms. The second kappa shape index (κ2) is 7.35. The number of carbonyl (C=O) groups is 1. The van der Waals surface area contributed by atoms with Crippen LogP contribution in [0.25, 0.3) is 0 Å². The lowest BCUT2D eigenvalue weighted by atomic mass is 10.1. The van der Waals surface area contributed by atoms with Gasteiger partial charge < -0.3 is 14.2 Å². The Morgan fingerprint density at radius 1 is 1.20 bits per heavy atom. The highest BCUT2D eigenvalue weighted by atomic mass is 16.5. The molecule has 0 N–H and O–H groups in total. The monoisotopic (exact) mass is 340 g/mol. The smallest absolute Gasteiger partial charge is 0.228 e. The standard InChI is InChI=1S/C19H24N4O2/c24-19(7-17-3-1-2-6-21-17)22-9-16(13-25-12-15-4-5-15)10-23-14-20-8-18(23)11-22/h1-3,6,8,14-16H,4-5,7,9-13H2/t16-/m0/s1. The van der Waals surface area contributed by atoms with Gasteiger partial charge in [0.15, 0.2) is 0 Å². The molecule has 0 bridgehead atoms. The third-order valence-corrected chi connectivity index (χ3v) is 4.90. The van der Waals surface area contributed by atoms with Crippen molar-refractivity contribution in [3.8, 4) is 0 Å². The number of hydrogen-bond donors (Lipinski definition) is 0. The normalized spacial score (nSPS) is 20.2. The number of carbonyl (C=O) groups excluding carboxylic acids is 1. The van der Waals surface area contributed by atoms with Gasteiger partial charge in [0.05, 0.1) is 31.6 Å². The highest BCUT2D eigenvalue weighted by molar-refractivity contribution is 5.78. The van der Waals surface area contributed by atoms with Crippen LogP contribution in [0, 0.1) is 11.8 Å². The number of fused-ring (bicyclic) bond motifs is 1. The Hall–Kier alpha value is -2.21. The van der Waals surface area contributed by atoms with E-state index >= 15 is 0 Å². The van der Waals surface area contributed by atoms with Crippen molar-refractivity contribution in [3.05, 3.63) is 48.3 Å². The van der Waals surface area contributed by atoms with Gasteiger partial charge >= 0.3 is 0 Å². The molecule has 4 rings (SSSR count). The van der Waals surface area contributed by atoms with Gasteiger partial charge in [0.2, 0.25) is 5.91 Å². The molecule has 2 aromatic heterocycles. The Morgan fingerprint density at radius 2 is 2.08 bits per heavy atom. The van der Waals surface area contributed by atoms with Gasteiger partial charge in [0.1, 0.15) is 0 Å². The van der Waals surface area contributed by atoms with Crippen LogP contribution in [0.15, 0.2) is 36.9 Å². The molecular formula is C19H24N4O2. The molecule has 2 aromatic rings. The van der Waals surface area contributed by atoms with Crippen molar-refractivity contribution in [2.24, 2.45) is 11.8 Å². The van der Waals surface area contributed by atoms with Gasteiger partial charge in [-0.1, -0.05) is 6.07 Å². The summed E-state index contributed by atoms with van der Waals surface area (Å²) < 4.78 is 8.06. The quantitative estimate of drug-likeness (QED) is 0.806. The van der Waals surface area contributed by atoms with Gasteiger partial charge in [-0.25, -0.2) is 4.98 Å². The zero-order chi connectivity index (χ0) is 17.1. The third kappa shape index (κ3) is 4.25. The summed E-state index contributed by atoms with van der Waals surface area (Å²) in [7, 11) is 0. The topological polar surface area (TPSA) is 60.2 Å². The van der Waals surface area contributed by atoms with E-state index < -0.39 is 0 Å². The van der Waals surface area contributed by atoms with E-state index in [0.717, 1.165) is 37.0 Å². The van der Waals surface area contributed by atoms with Crippen molar-refractivity contribution in [1.82, 2.24) is 19.4 Å². The van der Waals surface area contributed by atoms with Gasteiger partial charge in [-0.05, 0) is 30.9 Å². The Balaban J connectivity index is 1.43. The molecule has 0 saturated heterocycles. The van der Waals surface area contributed by atoms with Crippen LogP contribution < -0.4 is 0 Å². The van der Waals surface area contributed by atoms with E-state index in [2.05, 4.69) is 14.5 Å². The van der Waals surface area contributed by atoms with E-state index in [1.54, 1.807) is 6.20 Å². The lowest BCUT2D eigenvalue weighted by molar-refractivity contribution is -0.132. The predicted molar refractivity (Wildman–Crippen MR) is 92.6 cm³/mol. The van der Waals surface area contributed by atoms with E-state index in [-0.39, 0.29) is 5.91 Å². The van der Waals surface area contributed by atoms with Crippen molar-refractivity contribution in [3.63, 3.8) is 0 Å². The van der Waals surface area contributed by atoms with Crippen LogP contribution >= 0.6 is 0 Å². The Bertz CT molecular complexity index is 711. The highest BCUT2D eigenvalue weighted by Crippen LogP contribution is 2.29.